The molecular formula is C22H26N6O2S. The molecule has 4 rings (SSSR count). The largest absolute Gasteiger partial charge is 0.371 e. The fraction of sp³-hybridized carbons (Fsp3) is 0.455. The van der Waals surface area contributed by atoms with Gasteiger partial charge in [-0.3, -0.25) is 0 Å². The van der Waals surface area contributed by atoms with Gasteiger partial charge in [-0.05, 0) is 36.5 Å². The Labute approximate surface area is 187 Å². The lowest BCUT2D eigenvalue weighted by molar-refractivity contribution is 0.0689. The van der Waals surface area contributed by atoms with Crippen molar-refractivity contribution in [3.8, 4) is 6.07 Å². The summed E-state index contributed by atoms with van der Waals surface area (Å²) >= 11 is 5.44. The molecule has 3 heterocycles. The molecular weight excluding hydrogens is 412 g/mol. The van der Waals surface area contributed by atoms with Gasteiger partial charge in [0.1, 0.15) is 12.2 Å². The number of fused-ring (bicyclic) bond motifs is 1. The number of nitrogens with zero attached hydrogens (tertiary/aromatic N) is 3. The first-order valence-electron chi connectivity index (χ1n) is 10.2. The number of thiocarbonyl (C=S) groups is 1. The van der Waals surface area contributed by atoms with Gasteiger partial charge in [-0.15, -0.1) is 0 Å². The van der Waals surface area contributed by atoms with Gasteiger partial charge in [0.15, 0.2) is 5.11 Å². The summed E-state index contributed by atoms with van der Waals surface area (Å²) in [5.41, 5.74) is 2.25. The van der Waals surface area contributed by atoms with Gasteiger partial charge >= 0.3 is 0 Å². The van der Waals surface area contributed by atoms with Crippen molar-refractivity contribution in [3.05, 3.63) is 47.8 Å². The molecule has 8 nitrogen and oxygen atoms in total. The summed E-state index contributed by atoms with van der Waals surface area (Å²) in [7, 11) is 0. The van der Waals surface area contributed by atoms with E-state index in [1.807, 2.05) is 18.2 Å². The molecule has 3 N–H and O–H groups in total. The number of rotatable bonds is 4. The van der Waals surface area contributed by atoms with Crippen LogP contribution < -0.4 is 16.0 Å². The summed E-state index contributed by atoms with van der Waals surface area (Å²) in [6.07, 6.45) is 1.52. The SMILES string of the molecule is CC(C)(C)c1ccnc(N[C@H]2CO[C@H]3[C@@H]2OC[C@@H]3NC(=S)Nc2cccc(C#N)c2)n1. The van der Waals surface area contributed by atoms with E-state index in [0.29, 0.717) is 29.8 Å². The van der Waals surface area contributed by atoms with Gasteiger partial charge in [-0.2, -0.15) is 5.26 Å². The monoisotopic (exact) mass is 438 g/mol. The van der Waals surface area contributed by atoms with Gasteiger partial charge in [0.25, 0.3) is 0 Å². The number of benzene rings is 1. The molecule has 9 heteroatoms. The fourth-order valence-corrected chi connectivity index (χ4v) is 4.03. The highest BCUT2D eigenvalue weighted by atomic mass is 32.1. The van der Waals surface area contributed by atoms with Crippen molar-refractivity contribution in [2.45, 2.75) is 50.5 Å². The van der Waals surface area contributed by atoms with Gasteiger partial charge in [0, 0.05) is 17.3 Å². The van der Waals surface area contributed by atoms with Crippen LogP contribution in [0.5, 0.6) is 0 Å². The van der Waals surface area contributed by atoms with Crippen LogP contribution >= 0.6 is 12.2 Å². The van der Waals surface area contributed by atoms with Crippen molar-refractivity contribution in [1.29, 1.82) is 5.26 Å². The van der Waals surface area contributed by atoms with Crippen molar-refractivity contribution in [1.82, 2.24) is 15.3 Å². The number of anilines is 2. The van der Waals surface area contributed by atoms with Crippen molar-refractivity contribution in [2.24, 2.45) is 0 Å². The standard InChI is InChI=1S/C22H26N6O2S/c1-22(2,3)17-7-8-24-20(28-17)26-15-11-29-19-16(12-30-18(15)19)27-21(31)25-14-6-4-5-13(9-14)10-23/h4-9,15-16,18-19H,11-12H2,1-3H3,(H,24,26,28)(H2,25,27,31)/t15-,16-,18+,19+/m0/s1. The summed E-state index contributed by atoms with van der Waals surface area (Å²) in [6.45, 7) is 7.35. The predicted molar refractivity (Wildman–Crippen MR) is 122 cm³/mol. The molecule has 0 bridgehead atoms. The Morgan fingerprint density at radius 3 is 2.65 bits per heavy atom. The molecule has 0 radical (unpaired) electrons. The molecule has 2 fully saturated rings. The molecule has 2 saturated heterocycles. The molecule has 1 aromatic heterocycles. The highest BCUT2D eigenvalue weighted by Gasteiger charge is 2.48. The van der Waals surface area contributed by atoms with Crippen molar-refractivity contribution >= 4 is 29.0 Å². The molecule has 162 valence electrons. The Hall–Kier alpha value is -2.80. The van der Waals surface area contributed by atoms with Crippen LogP contribution in [-0.2, 0) is 14.9 Å². The van der Waals surface area contributed by atoms with E-state index in [4.69, 9.17) is 27.0 Å². The summed E-state index contributed by atoms with van der Waals surface area (Å²) in [6, 6.07) is 11.1. The zero-order chi connectivity index (χ0) is 22.0. The summed E-state index contributed by atoms with van der Waals surface area (Å²) in [5.74, 6) is 0.580. The van der Waals surface area contributed by atoms with Crippen LogP contribution in [0.15, 0.2) is 36.5 Å². The minimum atomic E-state index is -0.131. The molecule has 0 spiro atoms. The quantitative estimate of drug-likeness (QED) is 0.621. The molecule has 31 heavy (non-hydrogen) atoms. The summed E-state index contributed by atoms with van der Waals surface area (Å²) < 4.78 is 12.0. The van der Waals surface area contributed by atoms with Crippen LogP contribution in [0.25, 0.3) is 0 Å². The number of hydrogen-bond acceptors (Lipinski definition) is 7. The highest BCUT2D eigenvalue weighted by Crippen LogP contribution is 2.29. The van der Waals surface area contributed by atoms with E-state index in [1.54, 1.807) is 18.3 Å². The van der Waals surface area contributed by atoms with Gasteiger partial charge < -0.3 is 25.4 Å². The Bertz CT molecular complexity index is 1000. The third-order valence-electron chi connectivity index (χ3n) is 5.36. The Morgan fingerprint density at radius 2 is 1.90 bits per heavy atom. The molecule has 2 aliphatic heterocycles. The lowest BCUT2D eigenvalue weighted by Crippen LogP contribution is -2.46. The van der Waals surface area contributed by atoms with Crippen LogP contribution in [0.1, 0.15) is 32.0 Å². The minimum Gasteiger partial charge on any atom is -0.371 e. The van der Waals surface area contributed by atoms with E-state index in [9.17, 15) is 0 Å². The Kier molecular flexibility index (Phi) is 6.05. The fourth-order valence-electron chi connectivity index (χ4n) is 3.76. The van der Waals surface area contributed by atoms with E-state index in [0.717, 1.165) is 11.4 Å². The zero-order valence-corrected chi connectivity index (χ0v) is 18.6. The van der Waals surface area contributed by atoms with Crippen LogP contribution in [0.3, 0.4) is 0 Å². The normalized spacial score (nSPS) is 24.8. The zero-order valence-electron chi connectivity index (χ0n) is 17.8. The van der Waals surface area contributed by atoms with Crippen LogP contribution in [0, 0.1) is 11.3 Å². The maximum atomic E-state index is 9.04. The summed E-state index contributed by atoms with van der Waals surface area (Å²) in [5, 5.41) is 19.3. The molecule has 2 aliphatic rings. The Morgan fingerprint density at radius 1 is 1.16 bits per heavy atom. The topological polar surface area (TPSA) is 104 Å². The second-order valence-electron chi connectivity index (χ2n) is 8.76. The third kappa shape index (κ3) is 4.93. The minimum absolute atomic E-state index is 0.0409. The lowest BCUT2D eigenvalue weighted by atomic mass is 9.92. The van der Waals surface area contributed by atoms with Crippen LogP contribution in [0.2, 0.25) is 0 Å². The average Bonchev–Trinajstić information content (AvgIpc) is 3.31. The van der Waals surface area contributed by atoms with Crippen molar-refractivity contribution in [2.75, 3.05) is 23.8 Å². The van der Waals surface area contributed by atoms with Crippen LogP contribution in [-0.4, -0.2) is 52.6 Å². The number of aromatic nitrogens is 2. The van der Waals surface area contributed by atoms with Gasteiger partial charge in [0.2, 0.25) is 5.95 Å². The molecule has 2 aromatic rings. The first-order valence-corrected chi connectivity index (χ1v) is 10.7. The molecule has 0 unspecified atom stereocenters. The second kappa shape index (κ2) is 8.75. The van der Waals surface area contributed by atoms with E-state index in [-0.39, 0.29) is 29.7 Å². The maximum Gasteiger partial charge on any atom is 0.223 e. The number of ether oxygens (including phenoxy) is 2. The maximum absolute atomic E-state index is 9.04. The van der Waals surface area contributed by atoms with Gasteiger partial charge in [-0.25, -0.2) is 9.97 Å². The third-order valence-corrected chi connectivity index (χ3v) is 5.58. The average molecular weight is 439 g/mol. The van der Waals surface area contributed by atoms with Crippen molar-refractivity contribution < 1.29 is 9.47 Å². The lowest BCUT2D eigenvalue weighted by Gasteiger charge is -2.21. The van der Waals surface area contributed by atoms with E-state index >= 15 is 0 Å². The number of nitriles is 1. The van der Waals surface area contributed by atoms with E-state index < -0.39 is 0 Å². The van der Waals surface area contributed by atoms with Crippen molar-refractivity contribution in [3.63, 3.8) is 0 Å². The van der Waals surface area contributed by atoms with Crippen LogP contribution in [0.4, 0.5) is 11.6 Å². The Balaban J connectivity index is 1.35. The summed E-state index contributed by atoms with van der Waals surface area (Å²) in [4.78, 5) is 9.00. The van der Waals surface area contributed by atoms with E-state index in [1.165, 1.54) is 0 Å². The number of nitrogens with one attached hydrogen (secondary N) is 3. The molecule has 0 amide bonds. The highest BCUT2D eigenvalue weighted by molar-refractivity contribution is 7.80. The molecule has 0 saturated carbocycles. The first-order chi connectivity index (χ1) is 14.8. The first kappa shape index (κ1) is 21.4. The molecule has 4 atom stereocenters. The predicted octanol–water partition coefficient (Wildman–Crippen LogP) is 2.58. The van der Waals surface area contributed by atoms with Gasteiger partial charge in [0.05, 0.1) is 42.6 Å². The van der Waals surface area contributed by atoms with Gasteiger partial charge in [-0.1, -0.05) is 26.8 Å². The molecule has 1 aromatic carbocycles. The second-order valence-corrected chi connectivity index (χ2v) is 9.17. The number of hydrogen-bond donors (Lipinski definition) is 3. The smallest absolute Gasteiger partial charge is 0.223 e. The molecule has 0 aliphatic carbocycles. The van der Waals surface area contributed by atoms with E-state index in [2.05, 4.69) is 52.8 Å².